The summed E-state index contributed by atoms with van der Waals surface area (Å²) in [5.74, 6) is -1.55. The van der Waals surface area contributed by atoms with Gasteiger partial charge in [0.15, 0.2) is 0 Å². The highest BCUT2D eigenvalue weighted by molar-refractivity contribution is 7.12. The van der Waals surface area contributed by atoms with E-state index in [-0.39, 0.29) is 23.8 Å². The molecule has 0 aliphatic heterocycles. The zero-order valence-corrected chi connectivity index (χ0v) is 13.2. The molecule has 0 aromatic carbocycles. The molecule has 3 N–H and O–H groups in total. The SMILES string of the molecule is CC(NC(=O)c1cccs1)C(=O)NC1CCC(C(=O)O)CC1. The molecular weight excluding hydrogens is 304 g/mol. The molecule has 0 spiro atoms. The van der Waals surface area contributed by atoms with Crippen molar-refractivity contribution in [1.29, 1.82) is 0 Å². The number of nitrogens with one attached hydrogen (secondary N) is 2. The first kappa shape index (κ1) is 16.5. The molecule has 6 nitrogen and oxygen atoms in total. The Hall–Kier alpha value is -1.89. The number of carbonyl (C=O) groups excluding carboxylic acids is 2. The van der Waals surface area contributed by atoms with Crippen molar-refractivity contribution in [2.75, 3.05) is 0 Å². The van der Waals surface area contributed by atoms with E-state index in [1.807, 2.05) is 0 Å². The summed E-state index contributed by atoms with van der Waals surface area (Å²) in [6, 6.07) is 2.86. The zero-order valence-electron chi connectivity index (χ0n) is 12.4. The van der Waals surface area contributed by atoms with Crippen molar-refractivity contribution < 1.29 is 19.5 Å². The monoisotopic (exact) mass is 324 g/mol. The highest BCUT2D eigenvalue weighted by Crippen LogP contribution is 2.24. The molecule has 1 aliphatic carbocycles. The Morgan fingerprint density at radius 3 is 2.50 bits per heavy atom. The minimum Gasteiger partial charge on any atom is -0.481 e. The number of carbonyl (C=O) groups is 3. The molecule has 0 bridgehead atoms. The largest absolute Gasteiger partial charge is 0.481 e. The van der Waals surface area contributed by atoms with Crippen LogP contribution in [-0.4, -0.2) is 35.0 Å². The van der Waals surface area contributed by atoms with Gasteiger partial charge in [-0.25, -0.2) is 0 Å². The first-order valence-corrected chi connectivity index (χ1v) is 8.23. The molecule has 1 fully saturated rings. The van der Waals surface area contributed by atoms with Crippen LogP contribution < -0.4 is 10.6 Å². The van der Waals surface area contributed by atoms with Gasteiger partial charge in [-0.3, -0.25) is 14.4 Å². The lowest BCUT2D eigenvalue weighted by atomic mass is 9.86. The average molecular weight is 324 g/mol. The van der Waals surface area contributed by atoms with Crippen LogP contribution >= 0.6 is 11.3 Å². The third-order valence-electron chi connectivity index (χ3n) is 3.91. The molecule has 0 radical (unpaired) electrons. The molecular formula is C15H20N2O4S. The van der Waals surface area contributed by atoms with E-state index in [0.717, 1.165) is 0 Å². The standard InChI is InChI=1S/C15H20N2O4S/c1-9(16-14(19)12-3-2-8-22-12)13(18)17-11-6-4-10(5-7-11)15(20)21/h2-3,8-11H,4-7H2,1H3,(H,16,19)(H,17,18)(H,20,21). The lowest BCUT2D eigenvalue weighted by Gasteiger charge is -2.28. The fraction of sp³-hybridized carbons (Fsp3) is 0.533. The van der Waals surface area contributed by atoms with Gasteiger partial charge in [-0.1, -0.05) is 6.07 Å². The van der Waals surface area contributed by atoms with Crippen LogP contribution in [-0.2, 0) is 9.59 Å². The second kappa shape index (κ2) is 7.40. The van der Waals surface area contributed by atoms with Gasteiger partial charge in [-0.2, -0.15) is 0 Å². The molecule has 7 heteroatoms. The minimum absolute atomic E-state index is 0.0100. The van der Waals surface area contributed by atoms with E-state index < -0.39 is 12.0 Å². The lowest BCUT2D eigenvalue weighted by Crippen LogP contribution is -2.49. The molecule has 1 aromatic heterocycles. The molecule has 1 aliphatic rings. The van der Waals surface area contributed by atoms with Gasteiger partial charge in [0.05, 0.1) is 10.8 Å². The van der Waals surface area contributed by atoms with E-state index in [1.165, 1.54) is 11.3 Å². The number of hydrogen-bond acceptors (Lipinski definition) is 4. The van der Waals surface area contributed by atoms with Crippen molar-refractivity contribution in [3.63, 3.8) is 0 Å². The summed E-state index contributed by atoms with van der Waals surface area (Å²) in [5.41, 5.74) is 0. The van der Waals surface area contributed by atoms with Crippen LogP contribution in [0.3, 0.4) is 0 Å². The summed E-state index contributed by atoms with van der Waals surface area (Å²) in [5, 5.41) is 16.3. The van der Waals surface area contributed by atoms with E-state index in [1.54, 1.807) is 24.4 Å². The van der Waals surface area contributed by atoms with Crippen LogP contribution in [0.4, 0.5) is 0 Å². The van der Waals surface area contributed by atoms with Crippen LogP contribution in [0.15, 0.2) is 17.5 Å². The predicted octanol–water partition coefficient (Wildman–Crippen LogP) is 1.63. The molecule has 1 atom stereocenters. The molecule has 1 unspecified atom stereocenters. The fourth-order valence-electron chi connectivity index (χ4n) is 2.55. The van der Waals surface area contributed by atoms with Crippen LogP contribution in [0, 0.1) is 5.92 Å². The third-order valence-corrected chi connectivity index (χ3v) is 4.78. The van der Waals surface area contributed by atoms with Crippen molar-refractivity contribution in [2.45, 2.75) is 44.7 Å². The van der Waals surface area contributed by atoms with E-state index in [0.29, 0.717) is 30.6 Å². The quantitative estimate of drug-likeness (QED) is 0.767. The van der Waals surface area contributed by atoms with Gasteiger partial charge < -0.3 is 15.7 Å². The number of aliphatic carboxylic acids is 1. The molecule has 120 valence electrons. The van der Waals surface area contributed by atoms with Gasteiger partial charge in [-0.15, -0.1) is 11.3 Å². The molecule has 1 aromatic rings. The Kier molecular flexibility index (Phi) is 5.54. The Balaban J connectivity index is 1.77. The van der Waals surface area contributed by atoms with Crippen LogP contribution in [0.2, 0.25) is 0 Å². The first-order chi connectivity index (χ1) is 10.5. The maximum Gasteiger partial charge on any atom is 0.306 e. The van der Waals surface area contributed by atoms with Gasteiger partial charge in [0.2, 0.25) is 5.91 Å². The highest BCUT2D eigenvalue weighted by atomic mass is 32.1. The molecule has 1 heterocycles. The number of rotatable bonds is 5. The second-order valence-electron chi connectivity index (χ2n) is 5.57. The smallest absolute Gasteiger partial charge is 0.306 e. The van der Waals surface area contributed by atoms with E-state index in [4.69, 9.17) is 5.11 Å². The van der Waals surface area contributed by atoms with Crippen LogP contribution in [0.1, 0.15) is 42.3 Å². The summed E-state index contributed by atoms with van der Waals surface area (Å²) in [7, 11) is 0. The van der Waals surface area contributed by atoms with Gasteiger partial charge in [0.25, 0.3) is 5.91 Å². The fourth-order valence-corrected chi connectivity index (χ4v) is 3.18. The van der Waals surface area contributed by atoms with Crippen molar-refractivity contribution >= 4 is 29.1 Å². The van der Waals surface area contributed by atoms with Gasteiger partial charge in [-0.05, 0) is 44.1 Å². The van der Waals surface area contributed by atoms with Crippen LogP contribution in [0.25, 0.3) is 0 Å². The van der Waals surface area contributed by atoms with Gasteiger partial charge in [0.1, 0.15) is 6.04 Å². The second-order valence-corrected chi connectivity index (χ2v) is 6.52. The average Bonchev–Trinajstić information content (AvgIpc) is 3.02. The Bertz CT molecular complexity index is 536. The topological polar surface area (TPSA) is 95.5 Å². The molecule has 2 amide bonds. The van der Waals surface area contributed by atoms with Gasteiger partial charge >= 0.3 is 5.97 Å². The van der Waals surface area contributed by atoms with Crippen molar-refractivity contribution in [1.82, 2.24) is 10.6 Å². The Labute approximate surface area is 132 Å². The third kappa shape index (κ3) is 4.30. The molecule has 2 rings (SSSR count). The number of hydrogen-bond donors (Lipinski definition) is 3. The van der Waals surface area contributed by atoms with E-state index in [9.17, 15) is 14.4 Å². The number of carboxylic acids is 1. The zero-order chi connectivity index (χ0) is 16.1. The van der Waals surface area contributed by atoms with Crippen molar-refractivity contribution in [2.24, 2.45) is 5.92 Å². The maximum atomic E-state index is 12.1. The molecule has 22 heavy (non-hydrogen) atoms. The molecule has 0 saturated heterocycles. The summed E-state index contributed by atoms with van der Waals surface area (Å²) >= 11 is 1.32. The van der Waals surface area contributed by atoms with Crippen LogP contribution in [0.5, 0.6) is 0 Å². The Morgan fingerprint density at radius 1 is 1.27 bits per heavy atom. The maximum absolute atomic E-state index is 12.1. The lowest BCUT2D eigenvalue weighted by molar-refractivity contribution is -0.142. The number of thiophene rings is 1. The summed E-state index contributed by atoms with van der Waals surface area (Å²) in [6.07, 6.45) is 2.48. The summed E-state index contributed by atoms with van der Waals surface area (Å²) in [4.78, 5) is 35.4. The highest BCUT2D eigenvalue weighted by Gasteiger charge is 2.28. The molecule has 1 saturated carbocycles. The van der Waals surface area contributed by atoms with Crippen molar-refractivity contribution in [3.8, 4) is 0 Å². The number of amides is 2. The summed E-state index contributed by atoms with van der Waals surface area (Å²) in [6.45, 7) is 1.64. The van der Waals surface area contributed by atoms with Gasteiger partial charge in [0, 0.05) is 6.04 Å². The Morgan fingerprint density at radius 2 is 1.95 bits per heavy atom. The predicted molar refractivity (Wildman–Crippen MR) is 82.8 cm³/mol. The number of carboxylic acid groups (broad SMARTS) is 1. The van der Waals surface area contributed by atoms with Crippen molar-refractivity contribution in [3.05, 3.63) is 22.4 Å². The minimum atomic E-state index is -0.763. The normalized spacial score (nSPS) is 22.6. The first-order valence-electron chi connectivity index (χ1n) is 7.35. The van der Waals surface area contributed by atoms with E-state index in [2.05, 4.69) is 10.6 Å². The van der Waals surface area contributed by atoms with E-state index >= 15 is 0 Å². The summed E-state index contributed by atoms with van der Waals surface area (Å²) < 4.78 is 0.